The second kappa shape index (κ2) is 22.8. The zero-order chi connectivity index (χ0) is 20.7. The van der Waals surface area contributed by atoms with Crippen LogP contribution in [0.1, 0.15) is 155 Å². The fourth-order valence-electron chi connectivity index (χ4n) is 4.14. The van der Waals surface area contributed by atoms with Gasteiger partial charge >= 0.3 is 5.97 Å². The van der Waals surface area contributed by atoms with Gasteiger partial charge < -0.3 is 5.11 Å². The smallest absolute Gasteiger partial charge is 0.303 e. The maximum Gasteiger partial charge on any atom is 0.303 e. The number of rotatable bonds is 23. The lowest BCUT2D eigenvalue weighted by Crippen LogP contribution is -1.99. The van der Waals surface area contributed by atoms with Crippen LogP contribution in [0.5, 0.6) is 0 Å². The predicted molar refractivity (Wildman–Crippen MR) is 124 cm³/mol. The van der Waals surface area contributed by atoms with Gasteiger partial charge in [-0.15, -0.1) is 0 Å². The quantitative estimate of drug-likeness (QED) is 0.175. The van der Waals surface area contributed by atoms with E-state index in [1.54, 1.807) is 0 Å². The van der Waals surface area contributed by atoms with E-state index in [0.29, 0.717) is 12.3 Å². The van der Waals surface area contributed by atoms with E-state index in [9.17, 15) is 4.79 Å². The van der Waals surface area contributed by atoms with Gasteiger partial charge in [-0.25, -0.2) is 0 Å². The van der Waals surface area contributed by atoms with E-state index in [4.69, 9.17) is 5.11 Å². The minimum atomic E-state index is -0.652. The molecule has 168 valence electrons. The van der Waals surface area contributed by atoms with Crippen molar-refractivity contribution >= 4 is 5.97 Å². The summed E-state index contributed by atoms with van der Waals surface area (Å²) < 4.78 is 0. The van der Waals surface area contributed by atoms with Crippen molar-refractivity contribution in [1.29, 1.82) is 0 Å². The second-order valence-electron chi connectivity index (χ2n) is 9.19. The monoisotopic (exact) mass is 396 g/mol. The van der Waals surface area contributed by atoms with Gasteiger partial charge in [-0.2, -0.15) is 0 Å². The standard InChI is InChI=1S/C26H52O2/c1-3-4-5-6-7-8-9-10-11-12-13-14-15-16-17-18-19-20-22-25(2)23-21-24-26(27)28/h25H,3-24H2,1-2H3,(H,27,28)/t25-/m1/s1. The first kappa shape index (κ1) is 27.5. The first-order chi connectivity index (χ1) is 13.7. The lowest BCUT2D eigenvalue weighted by molar-refractivity contribution is -0.137. The van der Waals surface area contributed by atoms with Crippen LogP contribution in [0.25, 0.3) is 0 Å². The number of hydrogen-bond acceptors (Lipinski definition) is 1. The third-order valence-electron chi connectivity index (χ3n) is 6.14. The highest BCUT2D eigenvalue weighted by Gasteiger charge is 2.04. The fourth-order valence-corrected chi connectivity index (χ4v) is 4.14. The van der Waals surface area contributed by atoms with Crippen LogP contribution >= 0.6 is 0 Å². The second-order valence-corrected chi connectivity index (χ2v) is 9.19. The highest BCUT2D eigenvalue weighted by molar-refractivity contribution is 5.66. The van der Waals surface area contributed by atoms with Gasteiger partial charge in [-0.05, 0) is 12.3 Å². The molecule has 0 saturated heterocycles. The molecule has 0 rings (SSSR count). The lowest BCUT2D eigenvalue weighted by Gasteiger charge is -2.10. The van der Waals surface area contributed by atoms with Gasteiger partial charge in [0, 0.05) is 6.42 Å². The van der Waals surface area contributed by atoms with Crippen molar-refractivity contribution in [1.82, 2.24) is 0 Å². The van der Waals surface area contributed by atoms with Crippen LogP contribution in [0.3, 0.4) is 0 Å². The molecular formula is C26H52O2. The largest absolute Gasteiger partial charge is 0.481 e. The molecule has 0 aromatic carbocycles. The first-order valence-electron chi connectivity index (χ1n) is 12.9. The van der Waals surface area contributed by atoms with Crippen molar-refractivity contribution < 1.29 is 9.90 Å². The summed E-state index contributed by atoms with van der Waals surface area (Å²) >= 11 is 0. The van der Waals surface area contributed by atoms with Crippen LogP contribution in [0.2, 0.25) is 0 Å². The maximum absolute atomic E-state index is 10.5. The summed E-state index contributed by atoms with van der Waals surface area (Å²) in [5.41, 5.74) is 0. The molecule has 28 heavy (non-hydrogen) atoms. The van der Waals surface area contributed by atoms with Crippen molar-refractivity contribution in [3.63, 3.8) is 0 Å². The normalized spacial score (nSPS) is 12.4. The highest BCUT2D eigenvalue weighted by Crippen LogP contribution is 2.18. The van der Waals surface area contributed by atoms with Gasteiger partial charge in [0.15, 0.2) is 0 Å². The Kier molecular flexibility index (Phi) is 22.3. The average Bonchev–Trinajstić information content (AvgIpc) is 2.66. The molecule has 0 aliphatic carbocycles. The van der Waals surface area contributed by atoms with E-state index in [0.717, 1.165) is 12.8 Å². The Labute approximate surface area is 177 Å². The summed E-state index contributed by atoms with van der Waals surface area (Å²) in [6.45, 7) is 4.56. The molecule has 0 saturated carbocycles. The van der Waals surface area contributed by atoms with E-state index >= 15 is 0 Å². The predicted octanol–water partition coefficient (Wildman–Crippen LogP) is 9.31. The third-order valence-corrected chi connectivity index (χ3v) is 6.14. The molecule has 2 heteroatoms. The number of carboxylic acids is 1. The number of unbranched alkanes of at least 4 members (excludes halogenated alkanes) is 17. The van der Waals surface area contributed by atoms with E-state index in [1.165, 1.54) is 122 Å². The van der Waals surface area contributed by atoms with Crippen molar-refractivity contribution in [2.45, 2.75) is 155 Å². The summed E-state index contributed by atoms with van der Waals surface area (Å²) in [4.78, 5) is 10.5. The summed E-state index contributed by atoms with van der Waals surface area (Å²) in [7, 11) is 0. The Balaban J connectivity index is 3.09. The van der Waals surface area contributed by atoms with Gasteiger partial charge in [0.25, 0.3) is 0 Å². The van der Waals surface area contributed by atoms with Crippen molar-refractivity contribution in [2.24, 2.45) is 5.92 Å². The third kappa shape index (κ3) is 23.5. The van der Waals surface area contributed by atoms with Crippen molar-refractivity contribution in [2.75, 3.05) is 0 Å². The van der Waals surface area contributed by atoms with Gasteiger partial charge in [0.05, 0.1) is 0 Å². The van der Waals surface area contributed by atoms with Crippen LogP contribution < -0.4 is 0 Å². The molecule has 0 bridgehead atoms. The molecular weight excluding hydrogens is 344 g/mol. The van der Waals surface area contributed by atoms with Crippen LogP contribution in [-0.4, -0.2) is 11.1 Å². The van der Waals surface area contributed by atoms with Crippen LogP contribution in [-0.2, 0) is 4.79 Å². The zero-order valence-corrected chi connectivity index (χ0v) is 19.5. The van der Waals surface area contributed by atoms with Crippen LogP contribution in [0, 0.1) is 5.92 Å². The number of carbonyl (C=O) groups is 1. The van der Waals surface area contributed by atoms with Crippen molar-refractivity contribution in [3.05, 3.63) is 0 Å². The average molecular weight is 397 g/mol. The zero-order valence-electron chi connectivity index (χ0n) is 19.5. The van der Waals surface area contributed by atoms with E-state index < -0.39 is 5.97 Å². The summed E-state index contributed by atoms with van der Waals surface area (Å²) in [6, 6.07) is 0. The first-order valence-corrected chi connectivity index (χ1v) is 12.9. The maximum atomic E-state index is 10.5. The molecule has 0 aromatic rings. The molecule has 0 spiro atoms. The Hall–Kier alpha value is -0.530. The molecule has 0 unspecified atom stereocenters. The van der Waals surface area contributed by atoms with E-state index in [1.807, 2.05) is 0 Å². The Morgan fingerprint density at radius 3 is 1.25 bits per heavy atom. The molecule has 1 N–H and O–H groups in total. The molecule has 0 aliphatic rings. The van der Waals surface area contributed by atoms with Crippen molar-refractivity contribution in [3.8, 4) is 0 Å². The number of carboxylic acid groups (broad SMARTS) is 1. The van der Waals surface area contributed by atoms with Gasteiger partial charge in [0.2, 0.25) is 0 Å². The topological polar surface area (TPSA) is 37.3 Å². The molecule has 2 nitrogen and oxygen atoms in total. The highest BCUT2D eigenvalue weighted by atomic mass is 16.4. The summed E-state index contributed by atoms with van der Waals surface area (Å²) in [5, 5.41) is 8.67. The Morgan fingerprint density at radius 2 is 0.893 bits per heavy atom. The minimum absolute atomic E-state index is 0.337. The van der Waals surface area contributed by atoms with Gasteiger partial charge in [-0.3, -0.25) is 4.79 Å². The fraction of sp³-hybridized carbons (Fsp3) is 0.962. The molecule has 0 heterocycles. The molecule has 0 amide bonds. The van der Waals surface area contributed by atoms with Crippen LogP contribution in [0.15, 0.2) is 0 Å². The molecule has 0 radical (unpaired) electrons. The molecule has 0 aliphatic heterocycles. The summed E-state index contributed by atoms with van der Waals surface area (Å²) in [5.74, 6) is 0.0424. The molecule has 1 atom stereocenters. The molecule has 0 aromatic heterocycles. The van der Waals surface area contributed by atoms with Gasteiger partial charge in [0.1, 0.15) is 0 Å². The SMILES string of the molecule is CCCCCCCCCCCCCCCCCCCC[C@@H](C)CCCC(=O)O. The number of aliphatic carboxylic acids is 1. The molecule has 0 fully saturated rings. The van der Waals surface area contributed by atoms with Crippen LogP contribution in [0.4, 0.5) is 0 Å². The number of hydrogen-bond donors (Lipinski definition) is 1. The Bertz CT molecular complexity index is 314. The van der Waals surface area contributed by atoms with E-state index in [2.05, 4.69) is 13.8 Å². The summed E-state index contributed by atoms with van der Waals surface area (Å²) in [6.07, 6.45) is 29.2. The lowest BCUT2D eigenvalue weighted by atomic mass is 9.96. The van der Waals surface area contributed by atoms with E-state index in [-0.39, 0.29) is 0 Å². The Morgan fingerprint density at radius 1 is 0.571 bits per heavy atom. The minimum Gasteiger partial charge on any atom is -0.481 e. The van der Waals surface area contributed by atoms with Gasteiger partial charge in [-0.1, -0.05) is 142 Å².